The standard InChI is InChI=1S/C20H18N2O3/c23-19(18-11-10-14-6-4-5-9-17(14)25-18)21-12-16-13-24-20(22-16)15-7-2-1-3-8-15/h1-9,13,18H,10-12H2,(H,21,23)/t18-/m1/s1. The molecule has 0 saturated carbocycles. The van der Waals surface area contributed by atoms with E-state index in [2.05, 4.69) is 10.3 Å². The minimum atomic E-state index is -0.463. The molecule has 1 aliphatic heterocycles. The molecule has 2 aromatic carbocycles. The third kappa shape index (κ3) is 3.40. The fourth-order valence-corrected chi connectivity index (χ4v) is 2.90. The first-order valence-electron chi connectivity index (χ1n) is 8.32. The largest absolute Gasteiger partial charge is 0.480 e. The first kappa shape index (κ1) is 15.4. The molecular weight excluding hydrogens is 316 g/mol. The maximum Gasteiger partial charge on any atom is 0.261 e. The quantitative estimate of drug-likeness (QED) is 0.795. The predicted molar refractivity (Wildman–Crippen MR) is 93.0 cm³/mol. The summed E-state index contributed by atoms with van der Waals surface area (Å²) in [6.45, 7) is 0.316. The summed E-state index contributed by atoms with van der Waals surface area (Å²) < 4.78 is 11.3. The van der Waals surface area contributed by atoms with E-state index in [9.17, 15) is 4.79 Å². The van der Waals surface area contributed by atoms with Gasteiger partial charge in [0.05, 0.1) is 12.2 Å². The molecule has 126 valence electrons. The first-order valence-corrected chi connectivity index (χ1v) is 8.32. The van der Waals surface area contributed by atoms with Crippen LogP contribution in [0.2, 0.25) is 0 Å². The topological polar surface area (TPSA) is 64.4 Å². The van der Waals surface area contributed by atoms with E-state index >= 15 is 0 Å². The number of benzene rings is 2. The lowest BCUT2D eigenvalue weighted by Gasteiger charge is -2.25. The molecule has 1 amide bonds. The number of aryl methyl sites for hydroxylation is 1. The van der Waals surface area contributed by atoms with Gasteiger partial charge in [-0.05, 0) is 36.6 Å². The van der Waals surface area contributed by atoms with Gasteiger partial charge in [0.2, 0.25) is 5.89 Å². The van der Waals surface area contributed by atoms with Crippen molar-refractivity contribution >= 4 is 5.91 Å². The molecule has 4 rings (SSSR count). The molecule has 1 aromatic heterocycles. The number of ether oxygens (including phenoxy) is 1. The number of hydrogen-bond donors (Lipinski definition) is 1. The number of para-hydroxylation sites is 1. The molecule has 0 spiro atoms. The molecule has 1 N–H and O–H groups in total. The van der Waals surface area contributed by atoms with Gasteiger partial charge in [-0.1, -0.05) is 36.4 Å². The summed E-state index contributed by atoms with van der Waals surface area (Å²) in [4.78, 5) is 16.8. The van der Waals surface area contributed by atoms with E-state index in [0.29, 0.717) is 24.6 Å². The summed E-state index contributed by atoms with van der Waals surface area (Å²) >= 11 is 0. The summed E-state index contributed by atoms with van der Waals surface area (Å²) in [6.07, 6.45) is 2.63. The molecule has 2 heterocycles. The van der Waals surface area contributed by atoms with E-state index in [4.69, 9.17) is 9.15 Å². The molecule has 0 fully saturated rings. The second-order valence-corrected chi connectivity index (χ2v) is 5.98. The zero-order valence-corrected chi connectivity index (χ0v) is 13.6. The third-order valence-corrected chi connectivity index (χ3v) is 4.23. The van der Waals surface area contributed by atoms with Crippen LogP contribution in [0.4, 0.5) is 0 Å². The number of amides is 1. The number of carbonyl (C=O) groups excluding carboxylic acids is 1. The summed E-state index contributed by atoms with van der Waals surface area (Å²) in [7, 11) is 0. The van der Waals surface area contributed by atoms with Crippen LogP contribution in [-0.4, -0.2) is 17.0 Å². The van der Waals surface area contributed by atoms with E-state index in [1.807, 2.05) is 54.6 Å². The molecule has 3 aromatic rings. The molecule has 0 bridgehead atoms. The van der Waals surface area contributed by atoms with Crippen molar-refractivity contribution < 1.29 is 13.9 Å². The molecular formula is C20H18N2O3. The average Bonchev–Trinajstić information content (AvgIpc) is 3.15. The van der Waals surface area contributed by atoms with Gasteiger partial charge in [0.1, 0.15) is 12.0 Å². The summed E-state index contributed by atoms with van der Waals surface area (Å²) in [6, 6.07) is 17.5. The van der Waals surface area contributed by atoms with Crippen molar-refractivity contribution in [3.63, 3.8) is 0 Å². The lowest BCUT2D eigenvalue weighted by atomic mass is 10.0. The van der Waals surface area contributed by atoms with Crippen molar-refractivity contribution in [2.45, 2.75) is 25.5 Å². The zero-order chi connectivity index (χ0) is 17.1. The lowest BCUT2D eigenvalue weighted by Crippen LogP contribution is -2.40. The fourth-order valence-electron chi connectivity index (χ4n) is 2.90. The monoisotopic (exact) mass is 334 g/mol. The average molecular weight is 334 g/mol. The normalized spacial score (nSPS) is 15.9. The van der Waals surface area contributed by atoms with Gasteiger partial charge in [0, 0.05) is 5.56 Å². The highest BCUT2D eigenvalue weighted by atomic mass is 16.5. The smallest absolute Gasteiger partial charge is 0.261 e. The predicted octanol–water partition coefficient (Wildman–Crippen LogP) is 3.35. The van der Waals surface area contributed by atoms with E-state index in [0.717, 1.165) is 23.3 Å². The molecule has 0 radical (unpaired) electrons. The Kier molecular flexibility index (Phi) is 4.21. The SMILES string of the molecule is O=C(NCc1coc(-c2ccccc2)n1)[C@H]1CCc2ccccc2O1. The van der Waals surface area contributed by atoms with Crippen molar-refractivity contribution in [3.05, 3.63) is 72.1 Å². The van der Waals surface area contributed by atoms with Crippen LogP contribution in [0, 0.1) is 0 Å². The Bertz CT molecular complexity index is 873. The number of nitrogens with one attached hydrogen (secondary N) is 1. The van der Waals surface area contributed by atoms with Gasteiger partial charge in [-0.3, -0.25) is 4.79 Å². The van der Waals surface area contributed by atoms with Gasteiger partial charge in [-0.2, -0.15) is 0 Å². The number of fused-ring (bicyclic) bond motifs is 1. The van der Waals surface area contributed by atoms with Crippen LogP contribution in [0.5, 0.6) is 5.75 Å². The van der Waals surface area contributed by atoms with E-state index < -0.39 is 6.10 Å². The molecule has 0 aliphatic carbocycles. The summed E-state index contributed by atoms with van der Waals surface area (Å²) in [5.74, 6) is 1.22. The Hall–Kier alpha value is -3.08. The number of nitrogens with zero attached hydrogens (tertiary/aromatic N) is 1. The Morgan fingerprint density at radius 1 is 1.12 bits per heavy atom. The van der Waals surface area contributed by atoms with E-state index in [1.165, 1.54) is 0 Å². The second-order valence-electron chi connectivity index (χ2n) is 5.98. The number of carbonyl (C=O) groups is 1. The highest BCUT2D eigenvalue weighted by molar-refractivity contribution is 5.81. The highest BCUT2D eigenvalue weighted by Crippen LogP contribution is 2.27. The van der Waals surface area contributed by atoms with E-state index in [-0.39, 0.29) is 5.91 Å². The van der Waals surface area contributed by atoms with Crippen LogP contribution in [0.25, 0.3) is 11.5 Å². The van der Waals surface area contributed by atoms with Crippen LogP contribution >= 0.6 is 0 Å². The van der Waals surface area contributed by atoms with Crippen molar-refractivity contribution in [3.8, 4) is 17.2 Å². The second kappa shape index (κ2) is 6.81. The van der Waals surface area contributed by atoms with Crippen LogP contribution in [0.3, 0.4) is 0 Å². The fraction of sp³-hybridized carbons (Fsp3) is 0.200. The number of oxazole rings is 1. The Balaban J connectivity index is 1.36. The lowest BCUT2D eigenvalue weighted by molar-refractivity contribution is -0.128. The van der Waals surface area contributed by atoms with Gasteiger partial charge in [0.15, 0.2) is 6.10 Å². The molecule has 0 saturated heterocycles. The van der Waals surface area contributed by atoms with Crippen molar-refractivity contribution in [1.29, 1.82) is 0 Å². The third-order valence-electron chi connectivity index (χ3n) is 4.23. The Morgan fingerprint density at radius 2 is 1.92 bits per heavy atom. The Morgan fingerprint density at radius 3 is 2.80 bits per heavy atom. The van der Waals surface area contributed by atoms with Gasteiger partial charge in [-0.15, -0.1) is 0 Å². The van der Waals surface area contributed by atoms with Gasteiger partial charge >= 0.3 is 0 Å². The van der Waals surface area contributed by atoms with Crippen LogP contribution in [0.1, 0.15) is 17.7 Å². The summed E-state index contributed by atoms with van der Waals surface area (Å²) in [5, 5.41) is 2.88. The summed E-state index contributed by atoms with van der Waals surface area (Å²) in [5.41, 5.74) is 2.74. The Labute approximate surface area is 145 Å². The maximum atomic E-state index is 12.4. The van der Waals surface area contributed by atoms with Gasteiger partial charge < -0.3 is 14.5 Å². The number of hydrogen-bond acceptors (Lipinski definition) is 4. The van der Waals surface area contributed by atoms with Crippen LogP contribution in [0.15, 0.2) is 65.3 Å². The van der Waals surface area contributed by atoms with Gasteiger partial charge in [0.25, 0.3) is 5.91 Å². The molecule has 1 aliphatic rings. The molecule has 5 heteroatoms. The number of rotatable bonds is 4. The van der Waals surface area contributed by atoms with Crippen molar-refractivity contribution in [2.75, 3.05) is 0 Å². The molecule has 25 heavy (non-hydrogen) atoms. The van der Waals surface area contributed by atoms with E-state index in [1.54, 1.807) is 6.26 Å². The molecule has 1 atom stereocenters. The zero-order valence-electron chi connectivity index (χ0n) is 13.6. The maximum absolute atomic E-state index is 12.4. The van der Waals surface area contributed by atoms with Gasteiger partial charge in [-0.25, -0.2) is 4.98 Å². The minimum absolute atomic E-state index is 0.126. The van der Waals surface area contributed by atoms with Crippen LogP contribution < -0.4 is 10.1 Å². The first-order chi connectivity index (χ1) is 12.3. The highest BCUT2D eigenvalue weighted by Gasteiger charge is 2.25. The van der Waals surface area contributed by atoms with Crippen LogP contribution in [-0.2, 0) is 17.8 Å². The van der Waals surface area contributed by atoms with Crippen molar-refractivity contribution in [2.24, 2.45) is 0 Å². The molecule has 0 unspecified atom stereocenters. The number of aromatic nitrogens is 1. The minimum Gasteiger partial charge on any atom is -0.480 e. The molecule has 5 nitrogen and oxygen atoms in total. The van der Waals surface area contributed by atoms with Crippen molar-refractivity contribution in [1.82, 2.24) is 10.3 Å².